The molecule has 116 valence electrons. The highest BCUT2D eigenvalue weighted by Gasteiger charge is 2.30. The molecule has 0 heterocycles. The zero-order valence-corrected chi connectivity index (χ0v) is 11.2. The molecule has 0 unspecified atom stereocenters. The molecule has 7 heteroatoms. The smallest absolute Gasteiger partial charge is 0.406 e. The number of nitrogens with one attached hydrogen (secondary N) is 1. The van der Waals surface area contributed by atoms with Gasteiger partial charge in [-0.2, -0.15) is 0 Å². The summed E-state index contributed by atoms with van der Waals surface area (Å²) in [7, 11) is 0. The van der Waals surface area contributed by atoms with E-state index in [2.05, 4.69) is 10.1 Å². The van der Waals surface area contributed by atoms with E-state index >= 15 is 0 Å². The molecule has 0 spiro atoms. The minimum absolute atomic E-state index is 0.173. The lowest BCUT2D eigenvalue weighted by Crippen LogP contribution is -2.17. The van der Waals surface area contributed by atoms with Crippen LogP contribution in [0.15, 0.2) is 48.5 Å². The summed E-state index contributed by atoms with van der Waals surface area (Å²) in [5.74, 6) is -1.36. The third-order valence-electron chi connectivity index (χ3n) is 2.68. The number of alkyl halides is 3. The average molecular weight is 313 g/mol. The van der Waals surface area contributed by atoms with Crippen LogP contribution in [0.3, 0.4) is 0 Å². The lowest BCUT2D eigenvalue weighted by Gasteiger charge is -2.10. The van der Waals surface area contributed by atoms with Gasteiger partial charge in [-0.25, -0.2) is 4.39 Å². The number of rotatable bonds is 4. The topological polar surface area (TPSA) is 38.3 Å². The van der Waals surface area contributed by atoms with Gasteiger partial charge in [0.25, 0.3) is 0 Å². The first-order valence-electron chi connectivity index (χ1n) is 6.22. The molecule has 0 bridgehead atoms. The van der Waals surface area contributed by atoms with Crippen LogP contribution >= 0.6 is 0 Å². The van der Waals surface area contributed by atoms with E-state index in [4.69, 9.17) is 0 Å². The molecule has 0 saturated carbocycles. The Hall–Kier alpha value is -2.57. The molecule has 0 saturated heterocycles. The first-order valence-corrected chi connectivity index (χ1v) is 6.22. The largest absolute Gasteiger partial charge is 0.573 e. The lowest BCUT2D eigenvalue weighted by molar-refractivity contribution is -0.274. The molecule has 1 amide bonds. The normalized spacial score (nSPS) is 11.1. The quantitative estimate of drug-likeness (QED) is 0.869. The molecule has 0 atom stereocenters. The van der Waals surface area contributed by atoms with Crippen molar-refractivity contribution < 1.29 is 27.1 Å². The molecular formula is C15H11F4NO2. The molecule has 2 rings (SSSR count). The van der Waals surface area contributed by atoms with E-state index in [1.807, 2.05) is 0 Å². The van der Waals surface area contributed by atoms with E-state index in [0.29, 0.717) is 0 Å². The maximum Gasteiger partial charge on any atom is 0.573 e. The Morgan fingerprint density at radius 3 is 2.27 bits per heavy atom. The summed E-state index contributed by atoms with van der Waals surface area (Å²) in [6.45, 7) is 0. The van der Waals surface area contributed by atoms with E-state index in [0.717, 1.165) is 12.1 Å². The van der Waals surface area contributed by atoms with Crippen molar-refractivity contribution in [2.75, 3.05) is 5.32 Å². The number of carbonyl (C=O) groups excluding carboxylic acids is 1. The highest BCUT2D eigenvalue weighted by atomic mass is 19.4. The van der Waals surface area contributed by atoms with Gasteiger partial charge in [-0.3, -0.25) is 4.79 Å². The van der Waals surface area contributed by atoms with Crippen molar-refractivity contribution in [3.63, 3.8) is 0 Å². The summed E-state index contributed by atoms with van der Waals surface area (Å²) >= 11 is 0. The summed E-state index contributed by atoms with van der Waals surface area (Å²) in [4.78, 5) is 11.8. The SMILES string of the molecule is O=C(Cc1ccccc1F)Nc1ccc(OC(F)(F)F)cc1. The van der Waals surface area contributed by atoms with Crippen LogP contribution in [0, 0.1) is 5.82 Å². The molecule has 2 aromatic carbocycles. The summed E-state index contributed by atoms with van der Waals surface area (Å²) in [6, 6.07) is 10.5. The van der Waals surface area contributed by atoms with E-state index in [-0.39, 0.29) is 23.4 Å². The zero-order chi connectivity index (χ0) is 16.2. The van der Waals surface area contributed by atoms with Crippen LogP contribution in [0.5, 0.6) is 5.75 Å². The standard InChI is InChI=1S/C15H11F4NO2/c16-13-4-2-1-3-10(13)9-14(21)20-11-5-7-12(8-6-11)22-15(17,18)19/h1-8H,9H2,(H,20,21). The van der Waals surface area contributed by atoms with Gasteiger partial charge in [-0.15, -0.1) is 13.2 Å². The minimum Gasteiger partial charge on any atom is -0.406 e. The third kappa shape index (κ3) is 4.76. The van der Waals surface area contributed by atoms with Gasteiger partial charge in [0.2, 0.25) is 5.91 Å². The van der Waals surface area contributed by atoms with E-state index in [1.165, 1.54) is 30.3 Å². The second kappa shape index (κ2) is 6.46. The van der Waals surface area contributed by atoms with Crippen molar-refractivity contribution in [3.05, 3.63) is 59.9 Å². The van der Waals surface area contributed by atoms with Gasteiger partial charge in [0.15, 0.2) is 0 Å². The third-order valence-corrected chi connectivity index (χ3v) is 2.68. The fourth-order valence-electron chi connectivity index (χ4n) is 1.76. The van der Waals surface area contributed by atoms with Gasteiger partial charge in [0, 0.05) is 5.69 Å². The number of carbonyl (C=O) groups is 1. The number of anilines is 1. The van der Waals surface area contributed by atoms with Crippen molar-refractivity contribution in [3.8, 4) is 5.75 Å². The lowest BCUT2D eigenvalue weighted by atomic mass is 10.1. The monoisotopic (exact) mass is 313 g/mol. The Bertz CT molecular complexity index is 653. The maximum atomic E-state index is 13.4. The van der Waals surface area contributed by atoms with Gasteiger partial charge in [-0.05, 0) is 35.9 Å². The van der Waals surface area contributed by atoms with Crippen LogP contribution in [-0.4, -0.2) is 12.3 Å². The molecule has 0 aliphatic heterocycles. The molecule has 0 aliphatic rings. The van der Waals surface area contributed by atoms with Gasteiger partial charge < -0.3 is 10.1 Å². The average Bonchev–Trinajstić information content (AvgIpc) is 2.42. The number of halogens is 4. The number of benzene rings is 2. The highest BCUT2D eigenvalue weighted by Crippen LogP contribution is 2.24. The molecule has 0 radical (unpaired) electrons. The van der Waals surface area contributed by atoms with Crippen molar-refractivity contribution in [1.29, 1.82) is 0 Å². The van der Waals surface area contributed by atoms with Crippen LogP contribution < -0.4 is 10.1 Å². The Morgan fingerprint density at radius 1 is 1.05 bits per heavy atom. The van der Waals surface area contributed by atoms with Crippen molar-refractivity contribution in [2.24, 2.45) is 0 Å². The fourth-order valence-corrected chi connectivity index (χ4v) is 1.76. The van der Waals surface area contributed by atoms with Crippen molar-refractivity contribution >= 4 is 11.6 Å². The van der Waals surface area contributed by atoms with Crippen LogP contribution in [0.25, 0.3) is 0 Å². The highest BCUT2D eigenvalue weighted by molar-refractivity contribution is 5.92. The van der Waals surface area contributed by atoms with Crippen LogP contribution in [0.2, 0.25) is 0 Å². The summed E-state index contributed by atoms with van der Waals surface area (Å²) in [5, 5.41) is 2.47. The maximum absolute atomic E-state index is 13.4. The van der Waals surface area contributed by atoms with Crippen LogP contribution in [0.1, 0.15) is 5.56 Å². The summed E-state index contributed by atoms with van der Waals surface area (Å²) < 4.78 is 53.1. The van der Waals surface area contributed by atoms with Gasteiger partial charge in [0.05, 0.1) is 6.42 Å². The van der Waals surface area contributed by atoms with E-state index in [1.54, 1.807) is 6.07 Å². The summed E-state index contributed by atoms with van der Waals surface area (Å²) in [5.41, 5.74) is 0.521. The Labute approximate surface area is 123 Å². The molecule has 3 nitrogen and oxygen atoms in total. The minimum atomic E-state index is -4.77. The van der Waals surface area contributed by atoms with E-state index < -0.39 is 18.1 Å². The Balaban J connectivity index is 1.96. The van der Waals surface area contributed by atoms with Gasteiger partial charge in [0.1, 0.15) is 11.6 Å². The fraction of sp³-hybridized carbons (Fsp3) is 0.133. The molecule has 0 aliphatic carbocycles. The number of amides is 1. The van der Waals surface area contributed by atoms with Crippen LogP contribution in [-0.2, 0) is 11.2 Å². The predicted octanol–water partition coefficient (Wildman–Crippen LogP) is 3.91. The molecule has 0 fully saturated rings. The molecule has 2 aromatic rings. The van der Waals surface area contributed by atoms with Gasteiger partial charge >= 0.3 is 6.36 Å². The summed E-state index contributed by atoms with van der Waals surface area (Å²) in [6.07, 6.45) is -4.94. The first kappa shape index (κ1) is 15.8. The van der Waals surface area contributed by atoms with Crippen molar-refractivity contribution in [1.82, 2.24) is 0 Å². The van der Waals surface area contributed by atoms with Crippen molar-refractivity contribution in [2.45, 2.75) is 12.8 Å². The Morgan fingerprint density at radius 2 is 1.68 bits per heavy atom. The van der Waals surface area contributed by atoms with E-state index in [9.17, 15) is 22.4 Å². The predicted molar refractivity (Wildman–Crippen MR) is 71.9 cm³/mol. The number of ether oxygens (including phenoxy) is 1. The second-order valence-corrected chi connectivity index (χ2v) is 4.39. The number of hydrogen-bond donors (Lipinski definition) is 1. The first-order chi connectivity index (χ1) is 10.3. The second-order valence-electron chi connectivity index (χ2n) is 4.39. The number of hydrogen-bond acceptors (Lipinski definition) is 2. The molecule has 22 heavy (non-hydrogen) atoms. The molecule has 0 aromatic heterocycles. The molecule has 1 N–H and O–H groups in total. The zero-order valence-electron chi connectivity index (χ0n) is 11.2. The molecular weight excluding hydrogens is 302 g/mol. The van der Waals surface area contributed by atoms with Crippen LogP contribution in [0.4, 0.5) is 23.2 Å². The van der Waals surface area contributed by atoms with Gasteiger partial charge in [-0.1, -0.05) is 18.2 Å². The Kier molecular flexibility index (Phi) is 4.65.